The molecule has 1 aromatic heterocycles. The highest BCUT2D eigenvalue weighted by molar-refractivity contribution is 5.07. The fourth-order valence-corrected chi connectivity index (χ4v) is 2.04. The van der Waals surface area contributed by atoms with Crippen molar-refractivity contribution in [3.63, 3.8) is 0 Å². The Hall–Kier alpha value is -0.830. The van der Waals surface area contributed by atoms with Crippen molar-refractivity contribution < 1.29 is 0 Å². The van der Waals surface area contributed by atoms with Crippen LogP contribution in [-0.4, -0.2) is 16.3 Å². The van der Waals surface area contributed by atoms with Crippen LogP contribution in [0.4, 0.5) is 0 Å². The molecule has 0 radical (unpaired) electrons. The van der Waals surface area contributed by atoms with Gasteiger partial charge in [-0.15, -0.1) is 0 Å². The first kappa shape index (κ1) is 13.2. The van der Waals surface area contributed by atoms with Crippen molar-refractivity contribution >= 4 is 0 Å². The Kier molecular flexibility index (Phi) is 4.54. The molecule has 92 valence electrons. The van der Waals surface area contributed by atoms with Crippen molar-refractivity contribution in [3.05, 3.63) is 18.0 Å². The Morgan fingerprint density at radius 2 is 2.06 bits per heavy atom. The monoisotopic (exact) mass is 223 g/mol. The zero-order valence-corrected chi connectivity index (χ0v) is 11.2. The van der Waals surface area contributed by atoms with Crippen LogP contribution in [-0.2, 0) is 6.54 Å². The lowest BCUT2D eigenvalue weighted by Crippen LogP contribution is -2.27. The van der Waals surface area contributed by atoms with Crippen LogP contribution in [0.5, 0.6) is 0 Å². The molecule has 1 unspecified atom stereocenters. The van der Waals surface area contributed by atoms with E-state index >= 15 is 0 Å². The third kappa shape index (κ3) is 3.63. The second kappa shape index (κ2) is 5.48. The molecule has 0 aliphatic heterocycles. The van der Waals surface area contributed by atoms with Gasteiger partial charge in [0.25, 0.3) is 0 Å². The molecular weight excluding hydrogens is 198 g/mol. The maximum absolute atomic E-state index is 4.34. The lowest BCUT2D eigenvalue weighted by Gasteiger charge is -2.27. The van der Waals surface area contributed by atoms with E-state index in [1.54, 1.807) is 0 Å². The lowest BCUT2D eigenvalue weighted by molar-refractivity contribution is 0.304. The van der Waals surface area contributed by atoms with Gasteiger partial charge < -0.3 is 5.32 Å². The number of nitrogens with one attached hydrogen (secondary N) is 1. The number of nitrogens with zero attached hydrogens (tertiary/aromatic N) is 2. The zero-order chi connectivity index (χ0) is 12.2. The van der Waals surface area contributed by atoms with Crippen LogP contribution in [0.1, 0.15) is 52.8 Å². The first-order chi connectivity index (χ1) is 7.48. The molecule has 0 bridgehead atoms. The van der Waals surface area contributed by atoms with Crippen LogP contribution in [0.2, 0.25) is 0 Å². The fraction of sp³-hybridized carbons (Fsp3) is 0.769. The van der Waals surface area contributed by atoms with Gasteiger partial charge in [0.2, 0.25) is 0 Å². The molecule has 0 saturated heterocycles. The van der Waals surface area contributed by atoms with Crippen LogP contribution in [0.15, 0.2) is 12.3 Å². The molecule has 0 aliphatic carbocycles. The Balaban J connectivity index is 2.84. The summed E-state index contributed by atoms with van der Waals surface area (Å²) in [5, 5.41) is 7.90. The summed E-state index contributed by atoms with van der Waals surface area (Å²) in [5.74, 6) is 0. The molecule has 3 nitrogen and oxygen atoms in total. The molecule has 0 aliphatic rings. The van der Waals surface area contributed by atoms with E-state index < -0.39 is 0 Å². The quantitative estimate of drug-likeness (QED) is 0.831. The number of aromatic nitrogens is 2. The highest BCUT2D eigenvalue weighted by Gasteiger charge is 2.21. The summed E-state index contributed by atoms with van der Waals surface area (Å²) in [4.78, 5) is 0. The molecule has 0 saturated carbocycles. The summed E-state index contributed by atoms with van der Waals surface area (Å²) in [7, 11) is 0. The van der Waals surface area contributed by atoms with Crippen molar-refractivity contribution in [2.24, 2.45) is 5.41 Å². The van der Waals surface area contributed by atoms with Gasteiger partial charge in [0.05, 0.1) is 5.69 Å². The molecule has 1 aromatic rings. The molecule has 0 fully saturated rings. The van der Waals surface area contributed by atoms with E-state index in [4.69, 9.17) is 0 Å². The summed E-state index contributed by atoms with van der Waals surface area (Å²) in [6, 6.07) is 2.54. The SMILES string of the molecule is CCNC(CC(C)(C)C)c1ccnn1CC. The van der Waals surface area contributed by atoms with Crippen LogP contribution in [0.25, 0.3) is 0 Å². The minimum absolute atomic E-state index is 0.329. The average Bonchev–Trinajstić information content (AvgIpc) is 2.62. The lowest BCUT2D eigenvalue weighted by atomic mass is 9.87. The van der Waals surface area contributed by atoms with E-state index in [0.29, 0.717) is 11.5 Å². The van der Waals surface area contributed by atoms with Gasteiger partial charge in [-0.25, -0.2) is 0 Å². The number of rotatable bonds is 5. The minimum atomic E-state index is 0.329. The van der Waals surface area contributed by atoms with E-state index in [0.717, 1.165) is 19.5 Å². The van der Waals surface area contributed by atoms with Gasteiger partial charge in [-0.05, 0) is 31.4 Å². The topological polar surface area (TPSA) is 29.9 Å². The van der Waals surface area contributed by atoms with Gasteiger partial charge >= 0.3 is 0 Å². The number of aryl methyl sites for hydroxylation is 1. The molecule has 1 atom stereocenters. The first-order valence-electron chi connectivity index (χ1n) is 6.23. The summed E-state index contributed by atoms with van der Waals surface area (Å²) >= 11 is 0. The van der Waals surface area contributed by atoms with Gasteiger partial charge in [-0.2, -0.15) is 5.10 Å². The molecule has 0 spiro atoms. The van der Waals surface area contributed by atoms with Crippen molar-refractivity contribution in [2.75, 3.05) is 6.54 Å². The second-order valence-corrected chi connectivity index (χ2v) is 5.45. The molecular formula is C13H25N3. The van der Waals surface area contributed by atoms with Crippen LogP contribution in [0.3, 0.4) is 0 Å². The maximum Gasteiger partial charge on any atom is 0.0553 e. The highest BCUT2D eigenvalue weighted by atomic mass is 15.3. The predicted molar refractivity (Wildman–Crippen MR) is 68.4 cm³/mol. The van der Waals surface area contributed by atoms with Crippen LogP contribution >= 0.6 is 0 Å². The van der Waals surface area contributed by atoms with E-state index in [1.807, 2.05) is 6.20 Å². The second-order valence-electron chi connectivity index (χ2n) is 5.45. The first-order valence-corrected chi connectivity index (χ1v) is 6.23. The van der Waals surface area contributed by atoms with Crippen molar-refractivity contribution in [1.82, 2.24) is 15.1 Å². The van der Waals surface area contributed by atoms with Crippen molar-refractivity contribution in [2.45, 2.75) is 53.6 Å². The summed E-state index contributed by atoms with van der Waals surface area (Å²) in [6.45, 7) is 13.1. The molecule has 3 heteroatoms. The molecule has 16 heavy (non-hydrogen) atoms. The Bertz CT molecular complexity index is 309. The summed E-state index contributed by atoms with van der Waals surface area (Å²) in [5.41, 5.74) is 1.63. The van der Waals surface area contributed by atoms with Crippen LogP contribution in [0, 0.1) is 5.41 Å². The van der Waals surface area contributed by atoms with E-state index in [-0.39, 0.29) is 0 Å². The molecule has 1 heterocycles. The van der Waals surface area contributed by atoms with E-state index in [1.165, 1.54) is 5.69 Å². The van der Waals surface area contributed by atoms with Gasteiger partial charge in [0, 0.05) is 18.8 Å². The van der Waals surface area contributed by atoms with Crippen molar-refractivity contribution in [3.8, 4) is 0 Å². The third-order valence-corrected chi connectivity index (χ3v) is 2.67. The maximum atomic E-state index is 4.34. The van der Waals surface area contributed by atoms with Gasteiger partial charge in [0.15, 0.2) is 0 Å². The van der Waals surface area contributed by atoms with E-state index in [9.17, 15) is 0 Å². The smallest absolute Gasteiger partial charge is 0.0553 e. The van der Waals surface area contributed by atoms with Gasteiger partial charge in [-0.1, -0.05) is 27.7 Å². The summed E-state index contributed by atoms with van der Waals surface area (Å²) < 4.78 is 2.08. The molecule has 0 amide bonds. The molecule has 1 rings (SSSR count). The normalized spacial score (nSPS) is 14.1. The number of hydrogen-bond donors (Lipinski definition) is 1. The Morgan fingerprint density at radius 1 is 1.38 bits per heavy atom. The average molecular weight is 223 g/mol. The Morgan fingerprint density at radius 3 is 2.56 bits per heavy atom. The predicted octanol–water partition coefficient (Wildman–Crippen LogP) is 2.99. The van der Waals surface area contributed by atoms with Crippen molar-refractivity contribution in [1.29, 1.82) is 0 Å². The van der Waals surface area contributed by atoms with Gasteiger partial charge in [0.1, 0.15) is 0 Å². The zero-order valence-electron chi connectivity index (χ0n) is 11.2. The van der Waals surface area contributed by atoms with Gasteiger partial charge in [-0.3, -0.25) is 4.68 Å². The standard InChI is InChI=1S/C13H25N3/c1-6-14-11(10-13(3,4)5)12-8-9-15-16(12)7-2/h8-9,11,14H,6-7,10H2,1-5H3. The molecule has 0 aromatic carbocycles. The van der Waals surface area contributed by atoms with Crippen LogP contribution < -0.4 is 5.32 Å². The number of hydrogen-bond acceptors (Lipinski definition) is 2. The largest absolute Gasteiger partial charge is 0.309 e. The fourth-order valence-electron chi connectivity index (χ4n) is 2.04. The molecule has 1 N–H and O–H groups in total. The Labute approximate surface area is 99.2 Å². The summed E-state index contributed by atoms with van der Waals surface area (Å²) in [6.07, 6.45) is 3.03. The van der Waals surface area contributed by atoms with E-state index in [2.05, 4.69) is 55.8 Å². The third-order valence-electron chi connectivity index (χ3n) is 2.67. The minimum Gasteiger partial charge on any atom is -0.309 e. The highest BCUT2D eigenvalue weighted by Crippen LogP contribution is 2.29.